The van der Waals surface area contributed by atoms with E-state index in [1.165, 1.54) is 0 Å². The van der Waals surface area contributed by atoms with Gasteiger partial charge in [-0.1, -0.05) is 43.9 Å². The Morgan fingerprint density at radius 1 is 1.26 bits per heavy atom. The Balaban J connectivity index is 2.20. The molecule has 1 aliphatic carbocycles. The molecule has 1 aliphatic heterocycles. The van der Waals surface area contributed by atoms with E-state index in [4.69, 9.17) is 4.74 Å². The fourth-order valence-electron chi connectivity index (χ4n) is 5.23. The van der Waals surface area contributed by atoms with Crippen molar-refractivity contribution < 1.29 is 14.3 Å². The molecule has 0 aromatic heterocycles. The molecule has 0 aromatic rings. The molecule has 34 heavy (non-hydrogen) atoms. The van der Waals surface area contributed by atoms with Crippen LogP contribution in [0.5, 0.6) is 0 Å². The van der Waals surface area contributed by atoms with Crippen molar-refractivity contribution in [2.24, 2.45) is 11.3 Å². The maximum atomic E-state index is 12.5. The van der Waals surface area contributed by atoms with Crippen molar-refractivity contribution in [3.8, 4) is 0 Å². The highest BCUT2D eigenvalue weighted by molar-refractivity contribution is 5.76. The Morgan fingerprint density at radius 2 is 2.06 bits per heavy atom. The molecule has 0 radical (unpaired) electrons. The van der Waals surface area contributed by atoms with Crippen LogP contribution in [0, 0.1) is 11.3 Å². The average Bonchev–Trinajstić information content (AvgIpc) is 3.08. The summed E-state index contributed by atoms with van der Waals surface area (Å²) in [6.45, 7) is 16.2. The van der Waals surface area contributed by atoms with Crippen molar-refractivity contribution in [1.29, 1.82) is 0 Å². The van der Waals surface area contributed by atoms with E-state index in [0.717, 1.165) is 82.1 Å². The lowest BCUT2D eigenvalue weighted by molar-refractivity contribution is -0.122. The smallest absolute Gasteiger partial charge is 0.220 e. The quantitative estimate of drug-likeness (QED) is 0.248. The number of fused-ring (bicyclic) bond motifs is 1. The highest BCUT2D eigenvalue weighted by Gasteiger charge is 2.45. The number of nitrogens with one attached hydrogen (secondary N) is 1. The van der Waals surface area contributed by atoms with Crippen LogP contribution in [0.3, 0.4) is 0 Å². The molecule has 188 valence electrons. The van der Waals surface area contributed by atoms with Crippen LogP contribution >= 0.6 is 0 Å². The van der Waals surface area contributed by atoms with Gasteiger partial charge in [-0.25, -0.2) is 0 Å². The first-order valence-corrected chi connectivity index (χ1v) is 12.8. The van der Waals surface area contributed by atoms with Crippen molar-refractivity contribution in [3.05, 3.63) is 61.4 Å². The Bertz CT molecular complexity index is 769. The molecule has 5 heteroatoms. The average molecular weight is 469 g/mol. The first-order valence-electron chi connectivity index (χ1n) is 12.8. The van der Waals surface area contributed by atoms with Gasteiger partial charge in [-0.15, -0.1) is 13.2 Å². The third kappa shape index (κ3) is 8.34. The van der Waals surface area contributed by atoms with Gasteiger partial charge in [0.25, 0.3) is 0 Å². The zero-order valence-electron chi connectivity index (χ0n) is 21.1. The molecule has 0 saturated heterocycles. The first-order chi connectivity index (χ1) is 16.5. The van der Waals surface area contributed by atoms with Gasteiger partial charge in [-0.05, 0) is 68.3 Å². The minimum atomic E-state index is -0.131. The monoisotopic (exact) mass is 468 g/mol. The molecule has 1 N–H and O–H groups in total. The Kier molecular flexibility index (Phi) is 11.9. The van der Waals surface area contributed by atoms with Crippen LogP contribution in [-0.2, 0) is 14.3 Å². The van der Waals surface area contributed by atoms with Crippen LogP contribution in [-0.4, -0.2) is 43.0 Å². The van der Waals surface area contributed by atoms with E-state index in [-0.39, 0.29) is 23.3 Å². The van der Waals surface area contributed by atoms with E-state index in [1.54, 1.807) is 0 Å². The molecule has 0 saturated carbocycles. The van der Waals surface area contributed by atoms with Gasteiger partial charge in [-0.2, -0.15) is 0 Å². The third-order valence-corrected chi connectivity index (χ3v) is 7.10. The highest BCUT2D eigenvalue weighted by Crippen LogP contribution is 2.52. The molecule has 0 spiro atoms. The van der Waals surface area contributed by atoms with Gasteiger partial charge in [0.2, 0.25) is 12.3 Å². The zero-order chi connectivity index (χ0) is 24.8. The third-order valence-electron chi connectivity index (χ3n) is 7.10. The number of carbonyl (C=O) groups is 2. The van der Waals surface area contributed by atoms with Crippen molar-refractivity contribution in [2.75, 3.05) is 19.7 Å². The van der Waals surface area contributed by atoms with Crippen LogP contribution in [0.25, 0.3) is 0 Å². The summed E-state index contributed by atoms with van der Waals surface area (Å²) in [5, 5.41) is 3.16. The number of amides is 2. The number of hydrogen-bond acceptors (Lipinski definition) is 3. The molecule has 2 amide bonds. The van der Waals surface area contributed by atoms with Crippen LogP contribution in [0.1, 0.15) is 71.1 Å². The minimum Gasteiger partial charge on any atom is -0.497 e. The minimum absolute atomic E-state index is 0.0478. The Labute approximate surface area is 206 Å². The van der Waals surface area contributed by atoms with Crippen LogP contribution in [0.2, 0.25) is 0 Å². The van der Waals surface area contributed by atoms with Gasteiger partial charge < -0.3 is 15.0 Å². The Morgan fingerprint density at radius 3 is 2.76 bits per heavy atom. The van der Waals surface area contributed by atoms with Gasteiger partial charge in [0.05, 0.1) is 12.4 Å². The number of rotatable bonds is 10. The van der Waals surface area contributed by atoms with Gasteiger partial charge >= 0.3 is 0 Å². The number of allylic oxidation sites excluding steroid dienone is 5. The summed E-state index contributed by atoms with van der Waals surface area (Å²) < 4.78 is 6.27. The Hall–Kier alpha value is -2.56. The predicted octanol–water partition coefficient (Wildman–Crippen LogP) is 5.87. The van der Waals surface area contributed by atoms with Gasteiger partial charge in [-0.3, -0.25) is 9.59 Å². The van der Waals surface area contributed by atoms with E-state index in [0.29, 0.717) is 19.6 Å². The standard InChI is InChI=1S/C29H44N2O3/c1-5-8-13-16-28(33)30-24(6-2)21-29(4)22-27-25(7-3)26(29)17-19-31(23-32)18-14-11-9-10-12-15-20-34-27/h5-7,10,12,23-24,26H,1-3,8-9,11,13-22H2,4H3,(H,30,33)/b12-10-/t24-,26-,29-/m0/s1. The van der Waals surface area contributed by atoms with Crippen LogP contribution in [0.15, 0.2) is 61.4 Å². The molecule has 5 nitrogen and oxygen atoms in total. The number of hydrogen-bond donors (Lipinski definition) is 1. The summed E-state index contributed by atoms with van der Waals surface area (Å²) >= 11 is 0. The molecule has 2 aliphatic rings. The van der Waals surface area contributed by atoms with Crippen molar-refractivity contribution in [1.82, 2.24) is 10.2 Å². The maximum Gasteiger partial charge on any atom is 0.220 e. The molecule has 1 heterocycles. The van der Waals surface area contributed by atoms with Crippen LogP contribution < -0.4 is 5.32 Å². The zero-order valence-corrected chi connectivity index (χ0v) is 21.1. The second-order valence-electron chi connectivity index (χ2n) is 9.80. The largest absolute Gasteiger partial charge is 0.497 e. The molecule has 0 fully saturated rings. The van der Waals surface area contributed by atoms with E-state index < -0.39 is 0 Å². The molecular weight excluding hydrogens is 424 g/mol. The topological polar surface area (TPSA) is 58.6 Å². The normalized spacial score (nSPS) is 25.8. The summed E-state index contributed by atoms with van der Waals surface area (Å²) in [5.74, 6) is 1.25. The molecule has 2 rings (SSSR count). The van der Waals surface area contributed by atoms with E-state index in [9.17, 15) is 9.59 Å². The lowest BCUT2D eigenvalue weighted by atomic mass is 9.71. The van der Waals surface area contributed by atoms with Gasteiger partial charge in [0, 0.05) is 32.0 Å². The second kappa shape index (κ2) is 14.6. The lowest BCUT2D eigenvalue weighted by Gasteiger charge is -2.36. The number of nitrogens with zero attached hydrogens (tertiary/aromatic N) is 1. The maximum absolute atomic E-state index is 12.5. The lowest BCUT2D eigenvalue weighted by Crippen LogP contribution is -2.39. The van der Waals surface area contributed by atoms with Crippen LogP contribution in [0.4, 0.5) is 0 Å². The predicted molar refractivity (Wildman–Crippen MR) is 140 cm³/mol. The molecule has 2 bridgehead atoms. The fraction of sp³-hybridized carbons (Fsp3) is 0.586. The SMILES string of the molecule is C=CCCCC(=O)N[C@@H](C=C)C[C@@]1(C)CC2=C(C=C)[C@@H]1CCN(C=O)CCCC/C=C\CCO2. The molecule has 0 unspecified atom stereocenters. The summed E-state index contributed by atoms with van der Waals surface area (Å²) in [6, 6.07) is -0.121. The van der Waals surface area contributed by atoms with E-state index in [2.05, 4.69) is 44.1 Å². The van der Waals surface area contributed by atoms with Crippen molar-refractivity contribution >= 4 is 12.3 Å². The van der Waals surface area contributed by atoms with Gasteiger partial charge in [0.1, 0.15) is 0 Å². The molecule has 3 atom stereocenters. The molecular formula is C29H44N2O3. The van der Waals surface area contributed by atoms with Gasteiger partial charge in [0.15, 0.2) is 0 Å². The number of ether oxygens (including phenoxy) is 1. The fourth-order valence-corrected chi connectivity index (χ4v) is 5.23. The van der Waals surface area contributed by atoms with E-state index >= 15 is 0 Å². The highest BCUT2D eigenvalue weighted by atomic mass is 16.5. The number of unbranched alkanes of at least 4 members (excludes halogenated alkanes) is 1. The van der Waals surface area contributed by atoms with E-state index in [1.807, 2.05) is 23.1 Å². The first kappa shape index (κ1) is 27.7. The summed E-state index contributed by atoms with van der Waals surface area (Å²) in [6.07, 6.45) is 19.5. The van der Waals surface area contributed by atoms with Crippen molar-refractivity contribution in [3.63, 3.8) is 0 Å². The summed E-state index contributed by atoms with van der Waals surface area (Å²) in [4.78, 5) is 26.1. The summed E-state index contributed by atoms with van der Waals surface area (Å²) in [5.41, 5.74) is 1.01. The summed E-state index contributed by atoms with van der Waals surface area (Å²) in [7, 11) is 0. The van der Waals surface area contributed by atoms with Crippen molar-refractivity contribution in [2.45, 2.75) is 77.2 Å². The second-order valence-corrected chi connectivity index (χ2v) is 9.80. The number of carbonyl (C=O) groups excluding carboxylic acids is 2. The molecule has 0 aromatic carbocycles.